The molecule has 2 aromatic heterocycles. The van der Waals surface area contributed by atoms with Gasteiger partial charge in [-0.2, -0.15) is 5.10 Å². The van der Waals surface area contributed by atoms with Gasteiger partial charge in [0.25, 0.3) is 0 Å². The molecule has 0 bridgehead atoms. The Bertz CT molecular complexity index is 786. The molecule has 1 aromatic carbocycles. The van der Waals surface area contributed by atoms with Crippen LogP contribution in [0.3, 0.4) is 0 Å². The third-order valence-electron chi connectivity index (χ3n) is 2.96. The summed E-state index contributed by atoms with van der Waals surface area (Å²) >= 11 is 0. The normalized spacial score (nSPS) is 11.1. The monoisotopic (exact) mass is 258 g/mol. The van der Waals surface area contributed by atoms with Crippen molar-refractivity contribution in [3.8, 4) is 0 Å². The van der Waals surface area contributed by atoms with Crippen LogP contribution in [0.4, 0.5) is 4.39 Å². The molecule has 0 spiro atoms. The number of aromatic nitrogens is 2. The minimum absolute atomic E-state index is 0.191. The number of nitrogens with zero attached hydrogens (tertiary/aromatic N) is 2. The van der Waals surface area contributed by atoms with Crippen LogP contribution in [0.15, 0.2) is 34.9 Å². The van der Waals surface area contributed by atoms with Crippen molar-refractivity contribution in [2.45, 2.75) is 6.92 Å². The van der Waals surface area contributed by atoms with Gasteiger partial charge in [-0.3, -0.25) is 9.48 Å². The Morgan fingerprint density at radius 2 is 2.16 bits per heavy atom. The summed E-state index contributed by atoms with van der Waals surface area (Å²) in [5.74, 6) is -0.413. The first-order chi connectivity index (χ1) is 9.04. The Hall–Kier alpha value is -2.43. The fourth-order valence-electron chi connectivity index (χ4n) is 2.08. The summed E-state index contributed by atoms with van der Waals surface area (Å²) in [7, 11) is 1.75. The fraction of sp³-hybridized carbons (Fsp3) is 0.143. The number of benzene rings is 1. The number of furan rings is 1. The van der Waals surface area contributed by atoms with Crippen LogP contribution in [0.25, 0.3) is 11.0 Å². The van der Waals surface area contributed by atoms with Gasteiger partial charge >= 0.3 is 0 Å². The SMILES string of the molecule is Cc1nn(C)cc1C(=O)c1cc2cc(F)ccc2o1. The molecule has 0 saturated carbocycles. The summed E-state index contributed by atoms with van der Waals surface area (Å²) in [6, 6.07) is 5.70. The molecule has 96 valence electrons. The van der Waals surface area contributed by atoms with Gasteiger partial charge in [-0.15, -0.1) is 0 Å². The lowest BCUT2D eigenvalue weighted by Crippen LogP contribution is -1.99. The van der Waals surface area contributed by atoms with Crippen LogP contribution < -0.4 is 0 Å². The fourth-order valence-corrected chi connectivity index (χ4v) is 2.08. The van der Waals surface area contributed by atoms with E-state index in [0.717, 1.165) is 0 Å². The van der Waals surface area contributed by atoms with Crippen molar-refractivity contribution in [2.24, 2.45) is 7.05 Å². The van der Waals surface area contributed by atoms with Crippen molar-refractivity contribution < 1.29 is 13.6 Å². The summed E-state index contributed by atoms with van der Waals surface area (Å²) in [4.78, 5) is 12.3. The maximum absolute atomic E-state index is 13.1. The Balaban J connectivity index is 2.09. The van der Waals surface area contributed by atoms with Crippen molar-refractivity contribution in [3.63, 3.8) is 0 Å². The number of aryl methyl sites for hydroxylation is 2. The Morgan fingerprint density at radius 3 is 2.84 bits per heavy atom. The van der Waals surface area contributed by atoms with E-state index >= 15 is 0 Å². The van der Waals surface area contributed by atoms with E-state index in [0.29, 0.717) is 22.2 Å². The molecule has 0 fully saturated rings. The van der Waals surface area contributed by atoms with Gasteiger partial charge in [0.1, 0.15) is 11.4 Å². The molecule has 0 amide bonds. The number of halogens is 1. The lowest BCUT2D eigenvalue weighted by atomic mass is 10.1. The Labute approximate surface area is 108 Å². The van der Waals surface area contributed by atoms with E-state index in [4.69, 9.17) is 4.42 Å². The summed E-state index contributed by atoms with van der Waals surface area (Å²) in [6.45, 7) is 1.76. The highest BCUT2D eigenvalue weighted by molar-refractivity contribution is 6.09. The molecule has 4 nitrogen and oxygen atoms in total. The molecule has 0 aliphatic rings. The standard InChI is InChI=1S/C14H11FN2O2/c1-8-11(7-17(2)16-8)14(18)13-6-9-5-10(15)3-4-12(9)19-13/h3-7H,1-2H3. The summed E-state index contributed by atoms with van der Waals surface area (Å²) < 4.78 is 20.1. The number of ketones is 1. The molecule has 0 aliphatic carbocycles. The van der Waals surface area contributed by atoms with Gasteiger partial charge in [0.15, 0.2) is 5.76 Å². The van der Waals surface area contributed by atoms with Crippen LogP contribution in [0.1, 0.15) is 21.8 Å². The Morgan fingerprint density at radius 1 is 1.37 bits per heavy atom. The van der Waals surface area contributed by atoms with E-state index in [-0.39, 0.29) is 17.4 Å². The highest BCUT2D eigenvalue weighted by atomic mass is 19.1. The molecule has 3 aromatic rings. The van der Waals surface area contributed by atoms with Crippen molar-refractivity contribution in [3.05, 3.63) is 53.3 Å². The van der Waals surface area contributed by atoms with Crippen LogP contribution in [0, 0.1) is 12.7 Å². The van der Waals surface area contributed by atoms with Gasteiger partial charge < -0.3 is 4.42 Å². The van der Waals surface area contributed by atoms with Crippen LogP contribution in [0.2, 0.25) is 0 Å². The van der Waals surface area contributed by atoms with Gasteiger partial charge in [-0.05, 0) is 31.2 Å². The maximum atomic E-state index is 13.1. The topological polar surface area (TPSA) is 48.0 Å². The predicted octanol–water partition coefficient (Wildman–Crippen LogP) is 2.84. The third kappa shape index (κ3) is 1.93. The van der Waals surface area contributed by atoms with Crippen LogP contribution in [-0.2, 0) is 7.05 Å². The third-order valence-corrected chi connectivity index (χ3v) is 2.96. The number of carbonyl (C=O) groups is 1. The molecule has 0 atom stereocenters. The van der Waals surface area contributed by atoms with Gasteiger partial charge in [0, 0.05) is 18.6 Å². The largest absolute Gasteiger partial charge is 0.453 e. The molecule has 2 heterocycles. The van der Waals surface area contributed by atoms with Crippen molar-refractivity contribution in [2.75, 3.05) is 0 Å². The molecular formula is C14H11FN2O2. The highest BCUT2D eigenvalue weighted by Gasteiger charge is 2.19. The second-order valence-corrected chi connectivity index (χ2v) is 4.42. The number of rotatable bonds is 2. The van der Waals surface area contributed by atoms with E-state index in [1.807, 2.05) is 0 Å². The van der Waals surface area contributed by atoms with Crippen molar-refractivity contribution in [1.82, 2.24) is 9.78 Å². The zero-order chi connectivity index (χ0) is 13.6. The van der Waals surface area contributed by atoms with Gasteiger partial charge in [-0.25, -0.2) is 4.39 Å². The van der Waals surface area contributed by atoms with Gasteiger partial charge in [-0.1, -0.05) is 0 Å². The molecule has 0 aliphatic heterocycles. The minimum Gasteiger partial charge on any atom is -0.453 e. The number of carbonyl (C=O) groups excluding carboxylic acids is 1. The van der Waals surface area contributed by atoms with Crippen molar-refractivity contribution in [1.29, 1.82) is 0 Å². The molecule has 0 radical (unpaired) electrons. The molecule has 19 heavy (non-hydrogen) atoms. The Kier molecular flexibility index (Phi) is 2.48. The number of hydrogen-bond donors (Lipinski definition) is 0. The van der Waals surface area contributed by atoms with Gasteiger partial charge in [0.05, 0.1) is 11.3 Å². The number of hydrogen-bond acceptors (Lipinski definition) is 3. The summed E-state index contributed by atoms with van der Waals surface area (Å²) in [5.41, 5.74) is 1.62. The maximum Gasteiger partial charge on any atom is 0.231 e. The molecular weight excluding hydrogens is 247 g/mol. The molecule has 0 N–H and O–H groups in total. The first-order valence-corrected chi connectivity index (χ1v) is 5.78. The smallest absolute Gasteiger partial charge is 0.231 e. The average Bonchev–Trinajstić information content (AvgIpc) is 2.91. The number of fused-ring (bicyclic) bond motifs is 1. The lowest BCUT2D eigenvalue weighted by Gasteiger charge is -1.93. The zero-order valence-electron chi connectivity index (χ0n) is 10.5. The molecule has 0 saturated heterocycles. The first kappa shape index (κ1) is 11.6. The lowest BCUT2D eigenvalue weighted by molar-refractivity contribution is 0.101. The van der Waals surface area contributed by atoms with Crippen LogP contribution in [0.5, 0.6) is 0 Å². The summed E-state index contributed by atoms with van der Waals surface area (Å²) in [5, 5.41) is 4.69. The molecule has 0 unspecified atom stereocenters. The summed E-state index contributed by atoms with van der Waals surface area (Å²) in [6.07, 6.45) is 1.64. The minimum atomic E-state index is -0.357. The van der Waals surface area contributed by atoms with Gasteiger partial charge in [0.2, 0.25) is 5.78 Å². The second kappa shape index (κ2) is 4.05. The molecule has 5 heteroatoms. The van der Waals surface area contributed by atoms with E-state index in [2.05, 4.69) is 5.10 Å². The van der Waals surface area contributed by atoms with E-state index < -0.39 is 0 Å². The van der Waals surface area contributed by atoms with Crippen molar-refractivity contribution >= 4 is 16.8 Å². The first-order valence-electron chi connectivity index (χ1n) is 5.78. The van der Waals surface area contributed by atoms with E-state index in [1.165, 1.54) is 18.2 Å². The van der Waals surface area contributed by atoms with Crippen LogP contribution >= 0.6 is 0 Å². The predicted molar refractivity (Wildman–Crippen MR) is 67.5 cm³/mol. The van der Waals surface area contributed by atoms with Crippen LogP contribution in [-0.4, -0.2) is 15.6 Å². The zero-order valence-corrected chi connectivity index (χ0v) is 10.5. The second-order valence-electron chi connectivity index (χ2n) is 4.42. The van der Waals surface area contributed by atoms with E-state index in [9.17, 15) is 9.18 Å². The highest BCUT2D eigenvalue weighted by Crippen LogP contribution is 2.23. The average molecular weight is 258 g/mol. The molecule has 3 rings (SSSR count). The quantitative estimate of drug-likeness (QED) is 0.664. The van der Waals surface area contributed by atoms with E-state index in [1.54, 1.807) is 30.9 Å².